The summed E-state index contributed by atoms with van der Waals surface area (Å²) in [6, 6.07) is 4.79. The molecule has 0 spiro atoms. The fourth-order valence-electron chi connectivity index (χ4n) is 3.09. The van der Waals surface area contributed by atoms with Gasteiger partial charge in [-0.2, -0.15) is 0 Å². The van der Waals surface area contributed by atoms with Crippen LogP contribution in [0.4, 0.5) is 11.4 Å². The van der Waals surface area contributed by atoms with Crippen LogP contribution in [-0.4, -0.2) is 11.0 Å². The normalized spacial score (nSPS) is 23.6. The van der Waals surface area contributed by atoms with Gasteiger partial charge in [-0.1, -0.05) is 26.2 Å². The van der Waals surface area contributed by atoms with Gasteiger partial charge < -0.3 is 11.1 Å². The third-order valence-electron chi connectivity index (χ3n) is 4.26. The lowest BCUT2D eigenvalue weighted by Crippen LogP contribution is -2.27. The molecule has 1 aliphatic rings. The number of nitrogens with zero attached hydrogens (tertiary/aromatic N) is 1. The van der Waals surface area contributed by atoms with Crippen LogP contribution in [0.3, 0.4) is 0 Å². The molecule has 0 saturated heterocycles. The second-order valence-corrected chi connectivity index (χ2v) is 6.39. The summed E-state index contributed by atoms with van der Waals surface area (Å²) in [6.07, 6.45) is 6.53. The van der Waals surface area contributed by atoms with Gasteiger partial charge in [-0.3, -0.25) is 0 Å². The van der Waals surface area contributed by atoms with Crippen molar-refractivity contribution in [2.45, 2.75) is 45.1 Å². The summed E-state index contributed by atoms with van der Waals surface area (Å²) >= 11 is 1.64. The van der Waals surface area contributed by atoms with Gasteiger partial charge >= 0.3 is 0 Å². The summed E-state index contributed by atoms with van der Waals surface area (Å²) in [5.41, 5.74) is 10.9. The number of nitrogen functional groups attached to an aromatic ring is 1. The van der Waals surface area contributed by atoms with Crippen molar-refractivity contribution in [2.75, 3.05) is 11.1 Å². The Bertz CT molecular complexity index is 564. The van der Waals surface area contributed by atoms with Crippen LogP contribution in [-0.2, 0) is 0 Å². The first-order valence-corrected chi connectivity index (χ1v) is 8.04. The highest BCUT2D eigenvalue weighted by molar-refractivity contribution is 7.16. The summed E-state index contributed by atoms with van der Waals surface area (Å²) < 4.78 is 1.16. The fourth-order valence-corrected chi connectivity index (χ4v) is 3.78. The highest BCUT2D eigenvalue weighted by Gasteiger charge is 2.21. The monoisotopic (exact) mass is 275 g/mol. The first kappa shape index (κ1) is 12.7. The Morgan fingerprint density at radius 3 is 3.16 bits per heavy atom. The summed E-state index contributed by atoms with van der Waals surface area (Å²) in [5, 5.41) is 3.64. The molecule has 1 saturated carbocycles. The highest BCUT2D eigenvalue weighted by atomic mass is 32.1. The molecule has 3 rings (SSSR count). The number of aromatic nitrogens is 1. The molecule has 0 bridgehead atoms. The zero-order valence-electron chi connectivity index (χ0n) is 11.4. The van der Waals surface area contributed by atoms with Crippen molar-refractivity contribution in [1.29, 1.82) is 0 Å². The quantitative estimate of drug-likeness (QED) is 0.823. The number of nitrogens with one attached hydrogen (secondary N) is 1. The van der Waals surface area contributed by atoms with E-state index in [1.165, 1.54) is 32.1 Å². The number of benzene rings is 1. The van der Waals surface area contributed by atoms with Gasteiger partial charge in [0.25, 0.3) is 0 Å². The SMILES string of the molecule is CCC1CCCC(Nc2ccc3scnc3c2N)C1. The van der Waals surface area contributed by atoms with E-state index in [0.29, 0.717) is 6.04 Å². The minimum absolute atomic E-state index is 0.567. The Balaban J connectivity index is 1.79. The van der Waals surface area contributed by atoms with Crippen LogP contribution < -0.4 is 11.1 Å². The molecule has 4 heteroatoms. The van der Waals surface area contributed by atoms with E-state index >= 15 is 0 Å². The first-order chi connectivity index (χ1) is 9.28. The zero-order valence-corrected chi connectivity index (χ0v) is 12.2. The standard InChI is InChI=1S/C15H21N3S/c1-2-10-4-3-5-11(8-10)18-12-6-7-13-15(14(12)16)17-9-19-13/h6-7,9-11,18H,2-5,8,16H2,1H3. The molecule has 3 nitrogen and oxygen atoms in total. The highest BCUT2D eigenvalue weighted by Crippen LogP contribution is 2.33. The van der Waals surface area contributed by atoms with E-state index in [-0.39, 0.29) is 0 Å². The van der Waals surface area contributed by atoms with Crippen molar-refractivity contribution in [3.63, 3.8) is 0 Å². The Kier molecular flexibility index (Phi) is 3.60. The Labute approximate surface area is 118 Å². The van der Waals surface area contributed by atoms with Crippen molar-refractivity contribution in [1.82, 2.24) is 4.98 Å². The molecule has 1 aromatic heterocycles. The predicted octanol–water partition coefficient (Wildman–Crippen LogP) is 4.26. The Morgan fingerprint density at radius 2 is 2.32 bits per heavy atom. The third-order valence-corrected chi connectivity index (χ3v) is 5.06. The number of fused-ring (bicyclic) bond motifs is 1. The third kappa shape index (κ3) is 2.54. The van der Waals surface area contributed by atoms with Gasteiger partial charge in [-0.15, -0.1) is 11.3 Å². The minimum Gasteiger partial charge on any atom is -0.395 e. The molecule has 19 heavy (non-hydrogen) atoms. The maximum Gasteiger partial charge on any atom is 0.106 e. The van der Waals surface area contributed by atoms with E-state index < -0.39 is 0 Å². The molecule has 1 fully saturated rings. The van der Waals surface area contributed by atoms with Crippen LogP contribution >= 0.6 is 11.3 Å². The van der Waals surface area contributed by atoms with E-state index in [2.05, 4.69) is 29.4 Å². The average Bonchev–Trinajstić information content (AvgIpc) is 2.91. The summed E-state index contributed by atoms with van der Waals surface area (Å²) in [7, 11) is 0. The van der Waals surface area contributed by atoms with E-state index in [1.807, 2.05) is 5.51 Å². The molecule has 1 aromatic carbocycles. The van der Waals surface area contributed by atoms with Crippen LogP contribution in [0.15, 0.2) is 17.6 Å². The van der Waals surface area contributed by atoms with Crippen molar-refractivity contribution in [3.8, 4) is 0 Å². The van der Waals surface area contributed by atoms with E-state index in [1.54, 1.807) is 11.3 Å². The van der Waals surface area contributed by atoms with E-state index in [4.69, 9.17) is 5.73 Å². The number of thiazole rings is 1. The lowest BCUT2D eigenvalue weighted by atomic mass is 9.84. The topological polar surface area (TPSA) is 50.9 Å². The van der Waals surface area contributed by atoms with Crippen LogP contribution in [0.2, 0.25) is 0 Å². The maximum atomic E-state index is 6.23. The molecule has 2 unspecified atom stereocenters. The van der Waals surface area contributed by atoms with Gasteiger partial charge in [0.1, 0.15) is 5.52 Å². The minimum atomic E-state index is 0.567. The van der Waals surface area contributed by atoms with Crippen LogP contribution in [0.5, 0.6) is 0 Å². The summed E-state index contributed by atoms with van der Waals surface area (Å²) in [5.74, 6) is 0.871. The van der Waals surface area contributed by atoms with Gasteiger partial charge in [0.15, 0.2) is 0 Å². The molecule has 3 N–H and O–H groups in total. The molecule has 1 aliphatic carbocycles. The van der Waals surface area contributed by atoms with Gasteiger partial charge in [0.2, 0.25) is 0 Å². The van der Waals surface area contributed by atoms with E-state index in [9.17, 15) is 0 Å². The molecule has 0 radical (unpaired) electrons. The molecule has 2 atom stereocenters. The van der Waals surface area contributed by atoms with Crippen LogP contribution in [0.25, 0.3) is 10.2 Å². The zero-order chi connectivity index (χ0) is 13.2. The largest absolute Gasteiger partial charge is 0.395 e. The first-order valence-electron chi connectivity index (χ1n) is 7.16. The lowest BCUT2D eigenvalue weighted by molar-refractivity contribution is 0.327. The number of anilines is 2. The Hall–Kier alpha value is -1.29. The molecule has 1 heterocycles. The van der Waals surface area contributed by atoms with Crippen molar-refractivity contribution >= 4 is 32.9 Å². The second kappa shape index (κ2) is 5.37. The van der Waals surface area contributed by atoms with Crippen molar-refractivity contribution in [2.24, 2.45) is 5.92 Å². The van der Waals surface area contributed by atoms with Gasteiger partial charge in [-0.25, -0.2) is 4.98 Å². The lowest BCUT2D eigenvalue weighted by Gasteiger charge is -2.30. The molecule has 2 aromatic rings. The van der Waals surface area contributed by atoms with Crippen molar-refractivity contribution < 1.29 is 0 Å². The van der Waals surface area contributed by atoms with Gasteiger partial charge in [-0.05, 0) is 30.9 Å². The fraction of sp³-hybridized carbons (Fsp3) is 0.533. The van der Waals surface area contributed by atoms with E-state index in [0.717, 1.165) is 27.5 Å². The number of nitrogens with two attached hydrogens (primary N) is 1. The summed E-state index contributed by atoms with van der Waals surface area (Å²) in [4.78, 5) is 4.36. The second-order valence-electron chi connectivity index (χ2n) is 5.51. The van der Waals surface area contributed by atoms with Crippen molar-refractivity contribution in [3.05, 3.63) is 17.6 Å². The molecule has 0 aliphatic heterocycles. The van der Waals surface area contributed by atoms with Crippen LogP contribution in [0, 0.1) is 5.92 Å². The van der Waals surface area contributed by atoms with Crippen LogP contribution in [0.1, 0.15) is 39.0 Å². The molecular weight excluding hydrogens is 254 g/mol. The smallest absolute Gasteiger partial charge is 0.106 e. The van der Waals surface area contributed by atoms with Gasteiger partial charge in [0.05, 0.1) is 21.6 Å². The molecule has 0 amide bonds. The molecular formula is C15H21N3S. The number of hydrogen-bond donors (Lipinski definition) is 2. The van der Waals surface area contributed by atoms with Gasteiger partial charge in [0, 0.05) is 6.04 Å². The predicted molar refractivity (Wildman–Crippen MR) is 83.7 cm³/mol. The molecule has 102 valence electrons. The number of hydrogen-bond acceptors (Lipinski definition) is 4. The Morgan fingerprint density at radius 1 is 1.42 bits per heavy atom. The summed E-state index contributed by atoms with van der Waals surface area (Å²) in [6.45, 7) is 2.29. The average molecular weight is 275 g/mol. The maximum absolute atomic E-state index is 6.23. The number of rotatable bonds is 3.